The molecule has 1 unspecified atom stereocenters. The summed E-state index contributed by atoms with van der Waals surface area (Å²) in [7, 11) is 0. The number of hydrogen-bond donors (Lipinski definition) is 2. The zero-order valence-electron chi connectivity index (χ0n) is 13.6. The SMILES string of the molecule is CCC(CCNc1nc(C(=O)c2cccs2)c2sccc2n1)C(=O)O. The molecule has 3 rings (SSSR count). The van der Waals surface area contributed by atoms with Crippen molar-refractivity contribution in [1.82, 2.24) is 9.97 Å². The Morgan fingerprint density at radius 3 is 2.76 bits per heavy atom. The normalized spacial score (nSPS) is 12.2. The van der Waals surface area contributed by atoms with Gasteiger partial charge in [0.05, 0.1) is 21.0 Å². The molecule has 3 heterocycles. The molecule has 2 N–H and O–H groups in total. The van der Waals surface area contributed by atoms with Gasteiger partial charge in [0.25, 0.3) is 0 Å². The average Bonchev–Trinajstić information content (AvgIpc) is 3.28. The molecule has 0 saturated heterocycles. The second-order valence-electron chi connectivity index (χ2n) is 5.50. The number of fused-ring (bicyclic) bond motifs is 1. The Hall–Kier alpha value is -2.32. The molecule has 1 atom stereocenters. The number of anilines is 1. The summed E-state index contributed by atoms with van der Waals surface area (Å²) in [5.74, 6) is -0.965. The Morgan fingerprint density at radius 1 is 1.24 bits per heavy atom. The minimum absolute atomic E-state index is 0.120. The summed E-state index contributed by atoms with van der Waals surface area (Å²) in [6, 6.07) is 5.46. The molecule has 0 bridgehead atoms. The standard InChI is InChI=1S/C17H17N3O3S2/c1-2-10(16(22)23)5-7-18-17-19-11-6-9-25-15(11)13(20-17)14(21)12-4-3-8-24-12/h3-4,6,8-10H,2,5,7H2,1H3,(H,22,23)(H,18,19,20). The zero-order chi connectivity index (χ0) is 17.8. The van der Waals surface area contributed by atoms with E-state index < -0.39 is 11.9 Å². The minimum atomic E-state index is -0.799. The van der Waals surface area contributed by atoms with Crippen LogP contribution in [0.3, 0.4) is 0 Å². The molecule has 3 aromatic heterocycles. The van der Waals surface area contributed by atoms with Crippen LogP contribution in [0.1, 0.15) is 35.1 Å². The number of rotatable bonds is 8. The maximum Gasteiger partial charge on any atom is 0.306 e. The number of nitrogens with zero attached hydrogens (tertiary/aromatic N) is 2. The number of hydrogen-bond acceptors (Lipinski definition) is 7. The van der Waals surface area contributed by atoms with Crippen LogP contribution in [0.15, 0.2) is 29.0 Å². The number of carbonyl (C=O) groups excluding carboxylic acids is 1. The third-order valence-corrected chi connectivity index (χ3v) is 5.66. The predicted octanol–water partition coefficient (Wildman–Crippen LogP) is 3.90. The van der Waals surface area contributed by atoms with Crippen molar-refractivity contribution in [3.05, 3.63) is 39.5 Å². The van der Waals surface area contributed by atoms with Crippen LogP contribution >= 0.6 is 22.7 Å². The van der Waals surface area contributed by atoms with E-state index in [2.05, 4.69) is 15.3 Å². The first-order valence-electron chi connectivity index (χ1n) is 7.90. The third kappa shape index (κ3) is 3.85. The van der Waals surface area contributed by atoms with Crippen molar-refractivity contribution in [1.29, 1.82) is 0 Å². The van der Waals surface area contributed by atoms with E-state index in [1.54, 1.807) is 6.07 Å². The molecule has 0 saturated carbocycles. The smallest absolute Gasteiger partial charge is 0.306 e. The molecular weight excluding hydrogens is 358 g/mol. The van der Waals surface area contributed by atoms with E-state index in [4.69, 9.17) is 5.11 Å². The van der Waals surface area contributed by atoms with Crippen molar-refractivity contribution in [2.45, 2.75) is 19.8 Å². The van der Waals surface area contributed by atoms with E-state index in [1.165, 1.54) is 22.7 Å². The lowest BCUT2D eigenvalue weighted by molar-refractivity contribution is -0.141. The van der Waals surface area contributed by atoms with Gasteiger partial charge in [0.1, 0.15) is 5.69 Å². The minimum Gasteiger partial charge on any atom is -0.481 e. The van der Waals surface area contributed by atoms with Crippen LogP contribution in [-0.4, -0.2) is 33.4 Å². The van der Waals surface area contributed by atoms with Gasteiger partial charge in [0.2, 0.25) is 11.7 Å². The van der Waals surface area contributed by atoms with Gasteiger partial charge in [-0.3, -0.25) is 9.59 Å². The summed E-state index contributed by atoms with van der Waals surface area (Å²) in [5.41, 5.74) is 1.10. The fourth-order valence-corrected chi connectivity index (χ4v) is 3.96. The van der Waals surface area contributed by atoms with Crippen molar-refractivity contribution < 1.29 is 14.7 Å². The number of carboxylic acids is 1. The quantitative estimate of drug-likeness (QED) is 0.580. The highest BCUT2D eigenvalue weighted by atomic mass is 32.1. The lowest BCUT2D eigenvalue weighted by atomic mass is 10.0. The van der Waals surface area contributed by atoms with Gasteiger partial charge in [-0.15, -0.1) is 22.7 Å². The summed E-state index contributed by atoms with van der Waals surface area (Å²) >= 11 is 2.82. The zero-order valence-corrected chi connectivity index (χ0v) is 15.2. The van der Waals surface area contributed by atoms with Gasteiger partial charge in [-0.25, -0.2) is 9.97 Å². The lowest BCUT2D eigenvalue weighted by Gasteiger charge is -2.11. The number of carbonyl (C=O) groups is 2. The van der Waals surface area contributed by atoms with Crippen LogP contribution in [0.5, 0.6) is 0 Å². The summed E-state index contributed by atoms with van der Waals surface area (Å²) in [6.07, 6.45) is 1.05. The maximum atomic E-state index is 12.7. The van der Waals surface area contributed by atoms with E-state index in [0.717, 1.165) is 4.70 Å². The summed E-state index contributed by atoms with van der Waals surface area (Å²) in [4.78, 5) is 33.2. The lowest BCUT2D eigenvalue weighted by Crippen LogP contribution is -2.18. The first-order valence-corrected chi connectivity index (χ1v) is 9.66. The topological polar surface area (TPSA) is 92.2 Å². The molecule has 0 aliphatic rings. The molecule has 8 heteroatoms. The average molecular weight is 375 g/mol. The fraction of sp³-hybridized carbons (Fsp3) is 0.294. The Labute approximate surface area is 152 Å². The molecule has 25 heavy (non-hydrogen) atoms. The summed E-state index contributed by atoms with van der Waals surface area (Å²) < 4.78 is 0.765. The van der Waals surface area contributed by atoms with Crippen molar-refractivity contribution in [3.8, 4) is 0 Å². The number of thiophene rings is 2. The van der Waals surface area contributed by atoms with Gasteiger partial charge in [-0.1, -0.05) is 13.0 Å². The number of aliphatic carboxylic acids is 1. The molecule has 0 fully saturated rings. The predicted molar refractivity (Wildman–Crippen MR) is 99.7 cm³/mol. The van der Waals surface area contributed by atoms with Gasteiger partial charge in [0, 0.05) is 6.54 Å². The first-order chi connectivity index (χ1) is 12.1. The number of aromatic nitrogens is 2. The van der Waals surface area contributed by atoms with Crippen LogP contribution < -0.4 is 5.32 Å². The highest BCUT2D eigenvalue weighted by Gasteiger charge is 2.19. The van der Waals surface area contributed by atoms with E-state index in [1.807, 2.05) is 29.8 Å². The van der Waals surface area contributed by atoms with Crippen LogP contribution in [0, 0.1) is 5.92 Å². The van der Waals surface area contributed by atoms with Gasteiger partial charge in [-0.05, 0) is 35.7 Å². The van der Waals surface area contributed by atoms with Crippen LogP contribution in [0.4, 0.5) is 5.95 Å². The monoisotopic (exact) mass is 375 g/mol. The van der Waals surface area contributed by atoms with Crippen molar-refractivity contribution in [2.24, 2.45) is 5.92 Å². The van der Waals surface area contributed by atoms with Crippen LogP contribution in [-0.2, 0) is 4.79 Å². The van der Waals surface area contributed by atoms with Crippen molar-refractivity contribution in [3.63, 3.8) is 0 Å². The highest BCUT2D eigenvalue weighted by Crippen LogP contribution is 2.26. The van der Waals surface area contributed by atoms with Gasteiger partial charge >= 0.3 is 5.97 Å². The second kappa shape index (κ2) is 7.71. The van der Waals surface area contributed by atoms with Crippen LogP contribution in [0.2, 0.25) is 0 Å². The number of carboxylic acid groups (broad SMARTS) is 1. The summed E-state index contributed by atoms with van der Waals surface area (Å²) in [5, 5.41) is 15.9. The van der Waals surface area contributed by atoms with Gasteiger partial charge < -0.3 is 10.4 Å². The molecule has 0 aliphatic carbocycles. The number of nitrogens with one attached hydrogen (secondary N) is 1. The highest BCUT2D eigenvalue weighted by molar-refractivity contribution is 7.17. The maximum absolute atomic E-state index is 12.7. The molecule has 3 aromatic rings. The molecule has 6 nitrogen and oxygen atoms in total. The Balaban J connectivity index is 1.82. The van der Waals surface area contributed by atoms with Gasteiger partial charge in [0.15, 0.2) is 0 Å². The van der Waals surface area contributed by atoms with Gasteiger partial charge in [-0.2, -0.15) is 0 Å². The Bertz CT molecular complexity index is 890. The second-order valence-corrected chi connectivity index (χ2v) is 7.36. The van der Waals surface area contributed by atoms with E-state index in [0.29, 0.717) is 41.4 Å². The molecule has 0 spiro atoms. The van der Waals surface area contributed by atoms with Crippen LogP contribution in [0.25, 0.3) is 10.2 Å². The third-order valence-electron chi connectivity index (χ3n) is 3.88. The summed E-state index contributed by atoms with van der Waals surface area (Å²) in [6.45, 7) is 2.29. The molecule has 0 amide bonds. The van der Waals surface area contributed by atoms with Crippen molar-refractivity contribution in [2.75, 3.05) is 11.9 Å². The van der Waals surface area contributed by atoms with Crippen molar-refractivity contribution >= 4 is 50.6 Å². The molecular formula is C17H17N3O3S2. The Morgan fingerprint density at radius 2 is 2.08 bits per heavy atom. The number of ketones is 1. The molecule has 0 aliphatic heterocycles. The largest absolute Gasteiger partial charge is 0.481 e. The van der Waals surface area contributed by atoms with E-state index >= 15 is 0 Å². The fourth-order valence-electron chi connectivity index (χ4n) is 2.48. The molecule has 0 radical (unpaired) electrons. The van der Waals surface area contributed by atoms with E-state index in [9.17, 15) is 9.59 Å². The van der Waals surface area contributed by atoms with E-state index in [-0.39, 0.29) is 5.78 Å². The Kier molecular flexibility index (Phi) is 5.40. The molecule has 130 valence electrons. The first kappa shape index (κ1) is 17.5. The molecule has 0 aromatic carbocycles.